The minimum atomic E-state index is -0.0885. The Balaban J connectivity index is 2.84. The summed E-state index contributed by atoms with van der Waals surface area (Å²) in [5, 5.41) is 2.99. The molecule has 0 saturated carbocycles. The van der Waals surface area contributed by atoms with Gasteiger partial charge in [-0.2, -0.15) is 0 Å². The van der Waals surface area contributed by atoms with Crippen LogP contribution in [-0.2, 0) is 4.79 Å². The van der Waals surface area contributed by atoms with Crippen LogP contribution in [0.4, 0.5) is 5.69 Å². The van der Waals surface area contributed by atoms with Gasteiger partial charge in [0.05, 0.1) is 16.9 Å². The van der Waals surface area contributed by atoms with Crippen molar-refractivity contribution in [1.82, 2.24) is 0 Å². The molecule has 1 N–H and O–H groups in total. The average Bonchev–Trinajstić information content (AvgIpc) is 2.20. The molecule has 1 rings (SSSR count). The Labute approximate surface area is 99.1 Å². The number of benzene rings is 1. The summed E-state index contributed by atoms with van der Waals surface area (Å²) >= 11 is 6.40. The van der Waals surface area contributed by atoms with E-state index < -0.39 is 0 Å². The highest BCUT2D eigenvalue weighted by atomic mass is 79.9. The van der Waals surface area contributed by atoms with Gasteiger partial charge in [-0.1, -0.05) is 15.9 Å². The van der Waals surface area contributed by atoms with Crippen molar-refractivity contribution >= 4 is 43.5 Å². The molecule has 0 aliphatic rings. The third-order valence-corrected chi connectivity index (χ3v) is 2.72. The maximum Gasteiger partial charge on any atom is 0.235 e. The van der Waals surface area contributed by atoms with Crippen molar-refractivity contribution < 1.29 is 9.53 Å². The van der Waals surface area contributed by atoms with Crippen LogP contribution in [0.1, 0.15) is 0 Å². The van der Waals surface area contributed by atoms with E-state index in [0.29, 0.717) is 5.75 Å². The lowest BCUT2D eigenvalue weighted by Crippen LogP contribution is -2.12. The zero-order chi connectivity index (χ0) is 10.6. The van der Waals surface area contributed by atoms with E-state index in [4.69, 9.17) is 4.74 Å². The molecule has 0 atom stereocenters. The number of methoxy groups -OCH3 is 1. The maximum absolute atomic E-state index is 11.1. The fourth-order valence-electron chi connectivity index (χ4n) is 0.932. The Kier molecular flexibility index (Phi) is 4.41. The van der Waals surface area contributed by atoms with Crippen molar-refractivity contribution in [3.8, 4) is 5.75 Å². The largest absolute Gasteiger partial charge is 0.495 e. The van der Waals surface area contributed by atoms with Gasteiger partial charge in [-0.15, -0.1) is 0 Å². The van der Waals surface area contributed by atoms with Crippen LogP contribution in [-0.4, -0.2) is 18.3 Å². The number of hydrogen-bond acceptors (Lipinski definition) is 2. The Morgan fingerprint density at radius 1 is 1.57 bits per heavy atom. The van der Waals surface area contributed by atoms with Crippen molar-refractivity contribution in [2.24, 2.45) is 0 Å². The zero-order valence-corrected chi connectivity index (χ0v) is 10.7. The van der Waals surface area contributed by atoms with Crippen molar-refractivity contribution in [2.75, 3.05) is 17.8 Å². The SMILES string of the molecule is COc1cc(NC(=O)CBr)ccc1Br. The molecule has 1 amide bonds. The fraction of sp³-hybridized carbons (Fsp3) is 0.222. The molecule has 0 saturated heterocycles. The summed E-state index contributed by atoms with van der Waals surface area (Å²) in [7, 11) is 1.58. The number of hydrogen-bond donors (Lipinski definition) is 1. The van der Waals surface area contributed by atoms with E-state index in [1.807, 2.05) is 6.07 Å². The van der Waals surface area contributed by atoms with Gasteiger partial charge in [0.1, 0.15) is 5.75 Å². The van der Waals surface area contributed by atoms with Gasteiger partial charge in [-0.3, -0.25) is 4.79 Å². The predicted molar refractivity (Wildman–Crippen MR) is 63.1 cm³/mol. The average molecular weight is 323 g/mol. The van der Waals surface area contributed by atoms with Crippen LogP contribution in [0.2, 0.25) is 0 Å². The van der Waals surface area contributed by atoms with Crippen LogP contribution in [0.5, 0.6) is 5.75 Å². The summed E-state index contributed by atoms with van der Waals surface area (Å²) in [5.41, 5.74) is 0.717. The van der Waals surface area contributed by atoms with Gasteiger partial charge >= 0.3 is 0 Å². The van der Waals surface area contributed by atoms with Gasteiger partial charge in [0.25, 0.3) is 0 Å². The molecule has 0 fully saturated rings. The number of nitrogens with one attached hydrogen (secondary N) is 1. The highest BCUT2D eigenvalue weighted by Gasteiger charge is 2.03. The molecule has 14 heavy (non-hydrogen) atoms. The minimum absolute atomic E-state index is 0.0885. The third kappa shape index (κ3) is 2.99. The molecule has 0 radical (unpaired) electrons. The monoisotopic (exact) mass is 321 g/mol. The van der Waals surface area contributed by atoms with Crippen molar-refractivity contribution in [2.45, 2.75) is 0 Å². The second kappa shape index (κ2) is 5.36. The highest BCUT2D eigenvalue weighted by Crippen LogP contribution is 2.27. The first-order chi connectivity index (χ1) is 6.67. The number of alkyl halides is 1. The van der Waals surface area contributed by atoms with Gasteiger partial charge < -0.3 is 10.1 Å². The molecule has 1 aromatic rings. The van der Waals surface area contributed by atoms with Gasteiger partial charge in [0.15, 0.2) is 0 Å². The van der Waals surface area contributed by atoms with Crippen LogP contribution in [0.25, 0.3) is 0 Å². The van der Waals surface area contributed by atoms with Crippen molar-refractivity contribution in [1.29, 1.82) is 0 Å². The molecule has 0 heterocycles. The van der Waals surface area contributed by atoms with Crippen LogP contribution >= 0.6 is 31.9 Å². The molecule has 3 nitrogen and oxygen atoms in total. The van der Waals surface area contributed by atoms with Gasteiger partial charge in [0, 0.05) is 11.8 Å². The smallest absolute Gasteiger partial charge is 0.235 e. The number of halogens is 2. The summed E-state index contributed by atoms with van der Waals surface area (Å²) in [6.07, 6.45) is 0. The molecule has 0 aliphatic carbocycles. The Morgan fingerprint density at radius 3 is 2.86 bits per heavy atom. The minimum Gasteiger partial charge on any atom is -0.495 e. The van der Waals surface area contributed by atoms with E-state index in [9.17, 15) is 4.79 Å². The molecule has 0 aliphatic heterocycles. The van der Waals surface area contributed by atoms with Gasteiger partial charge in [0.2, 0.25) is 5.91 Å². The Morgan fingerprint density at radius 2 is 2.29 bits per heavy atom. The number of rotatable bonds is 3. The number of carbonyl (C=O) groups excluding carboxylic acids is 1. The van der Waals surface area contributed by atoms with Gasteiger partial charge in [-0.25, -0.2) is 0 Å². The van der Waals surface area contributed by atoms with E-state index in [-0.39, 0.29) is 11.2 Å². The number of ether oxygens (including phenoxy) is 1. The standard InChI is InChI=1S/C9H9Br2NO2/c1-14-8-4-6(2-3-7(8)11)12-9(13)5-10/h2-4H,5H2,1H3,(H,12,13). The third-order valence-electron chi connectivity index (χ3n) is 1.56. The van der Waals surface area contributed by atoms with Crippen LogP contribution < -0.4 is 10.1 Å². The molecule has 5 heteroatoms. The fourth-order valence-corrected chi connectivity index (χ4v) is 1.48. The van der Waals surface area contributed by atoms with Gasteiger partial charge in [-0.05, 0) is 28.1 Å². The van der Waals surface area contributed by atoms with Crippen LogP contribution in [0.15, 0.2) is 22.7 Å². The normalized spacial score (nSPS) is 9.64. The first kappa shape index (κ1) is 11.5. The summed E-state index contributed by atoms with van der Waals surface area (Å²) in [6.45, 7) is 0. The molecular formula is C9H9Br2NO2. The second-order valence-electron chi connectivity index (χ2n) is 2.53. The molecule has 0 aromatic heterocycles. The topological polar surface area (TPSA) is 38.3 Å². The van der Waals surface area contributed by atoms with E-state index >= 15 is 0 Å². The van der Waals surface area contributed by atoms with E-state index in [2.05, 4.69) is 37.2 Å². The second-order valence-corrected chi connectivity index (χ2v) is 3.95. The van der Waals surface area contributed by atoms with Crippen LogP contribution in [0.3, 0.4) is 0 Å². The first-order valence-corrected chi connectivity index (χ1v) is 5.78. The summed E-state index contributed by atoms with van der Waals surface area (Å²) in [6, 6.07) is 5.38. The molecule has 0 bridgehead atoms. The lowest BCUT2D eigenvalue weighted by Gasteiger charge is -2.07. The first-order valence-electron chi connectivity index (χ1n) is 3.86. The van der Waals surface area contributed by atoms with E-state index in [1.165, 1.54) is 0 Å². The predicted octanol–water partition coefficient (Wildman–Crippen LogP) is 2.79. The Bertz CT molecular complexity index is 342. The summed E-state index contributed by atoms with van der Waals surface area (Å²) in [5.74, 6) is 0.603. The number of anilines is 1. The van der Waals surface area contributed by atoms with Crippen molar-refractivity contribution in [3.05, 3.63) is 22.7 Å². The zero-order valence-electron chi connectivity index (χ0n) is 7.51. The molecular weight excluding hydrogens is 314 g/mol. The summed E-state index contributed by atoms with van der Waals surface area (Å²) in [4.78, 5) is 11.1. The number of carbonyl (C=O) groups is 1. The quantitative estimate of drug-likeness (QED) is 0.869. The molecule has 76 valence electrons. The highest BCUT2D eigenvalue weighted by molar-refractivity contribution is 9.10. The molecule has 0 spiro atoms. The van der Waals surface area contributed by atoms with Crippen molar-refractivity contribution in [3.63, 3.8) is 0 Å². The molecule has 0 unspecified atom stereocenters. The molecule has 1 aromatic carbocycles. The van der Waals surface area contributed by atoms with E-state index in [0.717, 1.165) is 10.2 Å². The lowest BCUT2D eigenvalue weighted by atomic mass is 10.3. The number of amides is 1. The lowest BCUT2D eigenvalue weighted by molar-refractivity contribution is -0.113. The maximum atomic E-state index is 11.1. The summed E-state index contributed by atoms with van der Waals surface area (Å²) < 4.78 is 5.95. The Hall–Kier alpha value is -0.550. The van der Waals surface area contributed by atoms with Crippen LogP contribution in [0, 0.1) is 0 Å². The van der Waals surface area contributed by atoms with E-state index in [1.54, 1.807) is 19.2 Å².